The van der Waals surface area contributed by atoms with Crippen LogP contribution in [0.1, 0.15) is 36.2 Å². The summed E-state index contributed by atoms with van der Waals surface area (Å²) in [5, 5.41) is 3.98. The van der Waals surface area contributed by atoms with Crippen molar-refractivity contribution in [2.75, 3.05) is 13.2 Å². The Bertz CT molecular complexity index is 681. The van der Waals surface area contributed by atoms with E-state index in [4.69, 9.17) is 9.47 Å². The topological polar surface area (TPSA) is 59.9 Å². The first-order chi connectivity index (χ1) is 11.7. The van der Waals surface area contributed by atoms with E-state index in [2.05, 4.69) is 10.5 Å². The Morgan fingerprint density at radius 3 is 2.58 bits per heavy atom. The zero-order chi connectivity index (χ0) is 17.2. The summed E-state index contributed by atoms with van der Waals surface area (Å²) in [6, 6.07) is 14.5. The fourth-order valence-corrected chi connectivity index (χ4v) is 2.00. The maximum absolute atomic E-state index is 12.0. The molecule has 0 aliphatic rings. The first-order valence-corrected chi connectivity index (χ1v) is 8.02. The molecular formula is C19H22N2O3. The molecule has 0 spiro atoms. The minimum absolute atomic E-state index is 0.269. The lowest BCUT2D eigenvalue weighted by Gasteiger charge is -2.05. The van der Waals surface area contributed by atoms with Crippen LogP contribution in [0.2, 0.25) is 0 Å². The number of hydrogen-bond acceptors (Lipinski definition) is 4. The maximum atomic E-state index is 12.0. The van der Waals surface area contributed by atoms with E-state index in [1.165, 1.54) is 0 Å². The van der Waals surface area contributed by atoms with Gasteiger partial charge in [0, 0.05) is 5.56 Å². The SMILES string of the molecule is CCCOc1ccc(C(=O)N/N=C\c2cccc(OCC)c2)cc1. The second kappa shape index (κ2) is 9.35. The van der Waals surface area contributed by atoms with Crippen molar-refractivity contribution in [1.82, 2.24) is 5.43 Å². The number of hydrogen-bond donors (Lipinski definition) is 1. The summed E-state index contributed by atoms with van der Waals surface area (Å²) in [5.41, 5.74) is 3.89. The maximum Gasteiger partial charge on any atom is 0.271 e. The largest absolute Gasteiger partial charge is 0.494 e. The summed E-state index contributed by atoms with van der Waals surface area (Å²) in [6.45, 7) is 5.25. The van der Waals surface area contributed by atoms with Crippen molar-refractivity contribution >= 4 is 12.1 Å². The number of carbonyl (C=O) groups is 1. The highest BCUT2D eigenvalue weighted by Gasteiger charge is 2.04. The van der Waals surface area contributed by atoms with Gasteiger partial charge >= 0.3 is 0 Å². The number of rotatable bonds is 8. The van der Waals surface area contributed by atoms with E-state index in [0.29, 0.717) is 18.8 Å². The van der Waals surface area contributed by atoms with Crippen LogP contribution in [-0.2, 0) is 0 Å². The van der Waals surface area contributed by atoms with E-state index in [-0.39, 0.29) is 5.91 Å². The van der Waals surface area contributed by atoms with Crippen LogP contribution in [0.25, 0.3) is 0 Å². The van der Waals surface area contributed by atoms with Gasteiger partial charge in [-0.3, -0.25) is 4.79 Å². The number of amides is 1. The molecule has 0 saturated heterocycles. The van der Waals surface area contributed by atoms with E-state index in [1.807, 2.05) is 38.1 Å². The standard InChI is InChI=1S/C19H22N2O3/c1-3-12-24-17-10-8-16(9-11-17)19(22)21-20-14-15-6-5-7-18(13-15)23-4-2/h5-11,13-14H,3-4,12H2,1-2H3,(H,21,22)/b20-14-. The minimum Gasteiger partial charge on any atom is -0.494 e. The van der Waals surface area contributed by atoms with Gasteiger partial charge in [0.2, 0.25) is 0 Å². The lowest BCUT2D eigenvalue weighted by atomic mass is 10.2. The molecule has 0 bridgehead atoms. The first kappa shape index (κ1) is 17.5. The third-order valence-electron chi connectivity index (χ3n) is 3.14. The van der Waals surface area contributed by atoms with Crippen molar-refractivity contribution < 1.29 is 14.3 Å². The highest BCUT2D eigenvalue weighted by molar-refractivity contribution is 5.95. The lowest BCUT2D eigenvalue weighted by molar-refractivity contribution is 0.0955. The molecule has 0 aliphatic carbocycles. The van der Waals surface area contributed by atoms with Crippen LogP contribution >= 0.6 is 0 Å². The predicted molar refractivity (Wildman–Crippen MR) is 94.9 cm³/mol. The number of carbonyl (C=O) groups excluding carboxylic acids is 1. The van der Waals surface area contributed by atoms with Gasteiger partial charge < -0.3 is 9.47 Å². The normalized spacial score (nSPS) is 10.6. The second-order valence-electron chi connectivity index (χ2n) is 5.08. The van der Waals surface area contributed by atoms with Crippen molar-refractivity contribution in [1.29, 1.82) is 0 Å². The Kier molecular flexibility index (Phi) is 6.83. The van der Waals surface area contributed by atoms with E-state index in [0.717, 1.165) is 23.5 Å². The lowest BCUT2D eigenvalue weighted by Crippen LogP contribution is -2.17. The third kappa shape index (κ3) is 5.43. The average Bonchev–Trinajstić information content (AvgIpc) is 2.61. The molecule has 0 aromatic heterocycles. The predicted octanol–water partition coefficient (Wildman–Crippen LogP) is 3.64. The van der Waals surface area contributed by atoms with Gasteiger partial charge in [0.05, 0.1) is 19.4 Å². The molecule has 0 atom stereocenters. The molecule has 1 amide bonds. The van der Waals surface area contributed by atoms with Gasteiger partial charge in [-0.05, 0) is 55.3 Å². The van der Waals surface area contributed by atoms with Crippen LogP contribution in [0, 0.1) is 0 Å². The molecule has 5 heteroatoms. The van der Waals surface area contributed by atoms with Gasteiger partial charge in [-0.2, -0.15) is 5.10 Å². The monoisotopic (exact) mass is 326 g/mol. The van der Waals surface area contributed by atoms with Gasteiger partial charge in [-0.15, -0.1) is 0 Å². The number of nitrogens with one attached hydrogen (secondary N) is 1. The molecule has 0 heterocycles. The van der Waals surface area contributed by atoms with E-state index in [9.17, 15) is 4.79 Å². The van der Waals surface area contributed by atoms with Crippen LogP contribution < -0.4 is 14.9 Å². The Morgan fingerprint density at radius 2 is 1.88 bits per heavy atom. The van der Waals surface area contributed by atoms with Crippen molar-refractivity contribution in [2.45, 2.75) is 20.3 Å². The van der Waals surface area contributed by atoms with Crippen LogP contribution in [-0.4, -0.2) is 25.3 Å². The zero-order valence-electron chi connectivity index (χ0n) is 14.0. The van der Waals surface area contributed by atoms with Crippen molar-refractivity contribution in [2.24, 2.45) is 5.10 Å². The van der Waals surface area contributed by atoms with E-state index in [1.54, 1.807) is 30.5 Å². The molecule has 0 unspecified atom stereocenters. The molecular weight excluding hydrogens is 304 g/mol. The van der Waals surface area contributed by atoms with Crippen LogP contribution in [0.3, 0.4) is 0 Å². The smallest absolute Gasteiger partial charge is 0.271 e. The van der Waals surface area contributed by atoms with Gasteiger partial charge in [0.25, 0.3) is 5.91 Å². The van der Waals surface area contributed by atoms with Gasteiger partial charge in [-0.25, -0.2) is 5.43 Å². The van der Waals surface area contributed by atoms with Crippen molar-refractivity contribution in [3.05, 3.63) is 59.7 Å². The number of benzene rings is 2. The van der Waals surface area contributed by atoms with E-state index >= 15 is 0 Å². The highest BCUT2D eigenvalue weighted by Crippen LogP contribution is 2.13. The molecule has 0 aliphatic heterocycles. The summed E-state index contributed by atoms with van der Waals surface area (Å²) in [6.07, 6.45) is 2.53. The highest BCUT2D eigenvalue weighted by atomic mass is 16.5. The molecule has 0 radical (unpaired) electrons. The van der Waals surface area contributed by atoms with Gasteiger partial charge in [0.15, 0.2) is 0 Å². The number of hydrazone groups is 1. The van der Waals surface area contributed by atoms with Crippen LogP contribution in [0.5, 0.6) is 11.5 Å². The van der Waals surface area contributed by atoms with Gasteiger partial charge in [-0.1, -0.05) is 19.1 Å². The number of nitrogens with zero attached hydrogens (tertiary/aromatic N) is 1. The van der Waals surface area contributed by atoms with Crippen LogP contribution in [0.4, 0.5) is 0 Å². The molecule has 24 heavy (non-hydrogen) atoms. The molecule has 0 fully saturated rings. The Morgan fingerprint density at radius 1 is 1.08 bits per heavy atom. The molecule has 126 valence electrons. The summed E-state index contributed by atoms with van der Waals surface area (Å²) >= 11 is 0. The Hall–Kier alpha value is -2.82. The van der Waals surface area contributed by atoms with Crippen molar-refractivity contribution in [3.63, 3.8) is 0 Å². The first-order valence-electron chi connectivity index (χ1n) is 8.02. The quantitative estimate of drug-likeness (QED) is 0.595. The molecule has 2 aromatic carbocycles. The van der Waals surface area contributed by atoms with Gasteiger partial charge in [0.1, 0.15) is 11.5 Å². The fraction of sp³-hybridized carbons (Fsp3) is 0.263. The molecule has 1 N–H and O–H groups in total. The molecule has 5 nitrogen and oxygen atoms in total. The Balaban J connectivity index is 1.91. The minimum atomic E-state index is -0.269. The zero-order valence-corrected chi connectivity index (χ0v) is 14.0. The summed E-state index contributed by atoms with van der Waals surface area (Å²) in [4.78, 5) is 12.0. The summed E-state index contributed by atoms with van der Waals surface area (Å²) < 4.78 is 10.9. The average molecular weight is 326 g/mol. The third-order valence-corrected chi connectivity index (χ3v) is 3.14. The molecule has 2 rings (SSSR count). The summed E-state index contributed by atoms with van der Waals surface area (Å²) in [7, 11) is 0. The number of ether oxygens (including phenoxy) is 2. The molecule has 0 saturated carbocycles. The Labute approximate surface area is 142 Å². The fourth-order valence-electron chi connectivity index (χ4n) is 2.00. The second-order valence-corrected chi connectivity index (χ2v) is 5.08. The summed E-state index contributed by atoms with van der Waals surface area (Å²) in [5.74, 6) is 1.26. The van der Waals surface area contributed by atoms with E-state index < -0.39 is 0 Å². The van der Waals surface area contributed by atoms with Crippen LogP contribution in [0.15, 0.2) is 53.6 Å². The molecule has 2 aromatic rings. The van der Waals surface area contributed by atoms with Crippen molar-refractivity contribution in [3.8, 4) is 11.5 Å².